The van der Waals surface area contributed by atoms with E-state index in [9.17, 15) is 0 Å². The molecular formula is C19H25N3. The van der Waals surface area contributed by atoms with E-state index < -0.39 is 0 Å². The molecule has 2 aromatic rings. The fourth-order valence-electron chi connectivity index (χ4n) is 3.19. The SMILES string of the molecule is Cc1ccc(C2NNCC2CN(C)Cc2ccccc2)cc1. The molecule has 1 fully saturated rings. The molecule has 1 saturated heterocycles. The van der Waals surface area contributed by atoms with E-state index >= 15 is 0 Å². The van der Waals surface area contributed by atoms with Crippen molar-refractivity contribution in [1.82, 2.24) is 15.8 Å². The fourth-order valence-corrected chi connectivity index (χ4v) is 3.19. The topological polar surface area (TPSA) is 27.3 Å². The van der Waals surface area contributed by atoms with E-state index in [1.54, 1.807) is 0 Å². The third kappa shape index (κ3) is 3.74. The van der Waals surface area contributed by atoms with Crippen molar-refractivity contribution < 1.29 is 0 Å². The van der Waals surface area contributed by atoms with Crippen LogP contribution in [0.3, 0.4) is 0 Å². The molecule has 116 valence electrons. The molecule has 1 aliphatic rings. The van der Waals surface area contributed by atoms with Crippen LogP contribution in [0.2, 0.25) is 0 Å². The summed E-state index contributed by atoms with van der Waals surface area (Å²) < 4.78 is 0. The highest BCUT2D eigenvalue weighted by Gasteiger charge is 2.28. The monoisotopic (exact) mass is 295 g/mol. The Morgan fingerprint density at radius 1 is 1.05 bits per heavy atom. The summed E-state index contributed by atoms with van der Waals surface area (Å²) in [6, 6.07) is 19.9. The molecule has 0 radical (unpaired) electrons. The van der Waals surface area contributed by atoms with Crippen molar-refractivity contribution in [1.29, 1.82) is 0 Å². The Kier molecular flexibility index (Phi) is 4.88. The summed E-state index contributed by atoms with van der Waals surface area (Å²) in [6.07, 6.45) is 0. The van der Waals surface area contributed by atoms with Crippen molar-refractivity contribution in [2.75, 3.05) is 20.1 Å². The zero-order valence-corrected chi connectivity index (χ0v) is 13.4. The maximum atomic E-state index is 3.43. The van der Waals surface area contributed by atoms with Crippen molar-refractivity contribution >= 4 is 0 Å². The second-order valence-corrected chi connectivity index (χ2v) is 6.36. The van der Waals surface area contributed by atoms with Gasteiger partial charge in [0.1, 0.15) is 0 Å². The quantitative estimate of drug-likeness (QED) is 0.888. The molecule has 2 aromatic carbocycles. The minimum Gasteiger partial charge on any atom is -0.302 e. The molecule has 0 spiro atoms. The smallest absolute Gasteiger partial charge is 0.0515 e. The highest BCUT2D eigenvalue weighted by molar-refractivity contribution is 5.25. The first-order valence-corrected chi connectivity index (χ1v) is 8.00. The molecule has 0 amide bonds. The van der Waals surface area contributed by atoms with Crippen LogP contribution in [0.4, 0.5) is 0 Å². The Morgan fingerprint density at radius 2 is 1.77 bits per heavy atom. The summed E-state index contributed by atoms with van der Waals surface area (Å²) in [5.74, 6) is 0.580. The molecule has 1 heterocycles. The van der Waals surface area contributed by atoms with Crippen LogP contribution in [-0.4, -0.2) is 25.0 Å². The van der Waals surface area contributed by atoms with E-state index in [-0.39, 0.29) is 0 Å². The zero-order chi connectivity index (χ0) is 15.4. The van der Waals surface area contributed by atoms with Crippen LogP contribution in [0.15, 0.2) is 54.6 Å². The lowest BCUT2D eigenvalue weighted by Gasteiger charge is -2.25. The third-order valence-electron chi connectivity index (χ3n) is 4.37. The average molecular weight is 295 g/mol. The van der Waals surface area contributed by atoms with Crippen LogP contribution in [0.5, 0.6) is 0 Å². The largest absolute Gasteiger partial charge is 0.302 e. The Labute approximate surface area is 133 Å². The minimum atomic E-state index is 0.388. The second kappa shape index (κ2) is 7.05. The number of rotatable bonds is 5. The first-order valence-electron chi connectivity index (χ1n) is 8.00. The summed E-state index contributed by atoms with van der Waals surface area (Å²) in [7, 11) is 2.21. The molecule has 0 bridgehead atoms. The Morgan fingerprint density at radius 3 is 2.50 bits per heavy atom. The maximum absolute atomic E-state index is 3.43. The standard InChI is InChI=1S/C19H25N3/c1-15-8-10-17(11-9-15)19-18(12-20-21-19)14-22(2)13-16-6-4-3-5-7-16/h3-11,18-21H,12-14H2,1-2H3. The molecule has 0 aromatic heterocycles. The number of nitrogens with one attached hydrogen (secondary N) is 2. The minimum absolute atomic E-state index is 0.388. The lowest BCUT2D eigenvalue weighted by atomic mass is 9.94. The van der Waals surface area contributed by atoms with Gasteiger partial charge in [-0.2, -0.15) is 0 Å². The van der Waals surface area contributed by atoms with Crippen molar-refractivity contribution in [2.24, 2.45) is 5.92 Å². The molecule has 3 nitrogen and oxygen atoms in total. The molecule has 3 rings (SSSR count). The van der Waals surface area contributed by atoms with Crippen LogP contribution in [-0.2, 0) is 6.54 Å². The molecule has 1 aliphatic heterocycles. The van der Waals surface area contributed by atoms with Gasteiger partial charge in [0.2, 0.25) is 0 Å². The van der Waals surface area contributed by atoms with E-state index in [2.05, 4.69) is 84.3 Å². The van der Waals surface area contributed by atoms with E-state index in [1.807, 2.05) is 0 Å². The number of nitrogens with zero attached hydrogens (tertiary/aromatic N) is 1. The molecule has 3 heteroatoms. The van der Waals surface area contributed by atoms with E-state index in [1.165, 1.54) is 16.7 Å². The van der Waals surface area contributed by atoms with E-state index in [4.69, 9.17) is 0 Å². The number of benzene rings is 2. The number of hydrazine groups is 1. The summed E-state index contributed by atoms with van der Waals surface area (Å²) in [5, 5.41) is 0. The van der Waals surface area contributed by atoms with Crippen LogP contribution in [0.25, 0.3) is 0 Å². The van der Waals surface area contributed by atoms with E-state index in [0.717, 1.165) is 19.6 Å². The molecule has 0 saturated carbocycles. The average Bonchev–Trinajstić information content (AvgIpc) is 2.97. The van der Waals surface area contributed by atoms with Crippen molar-refractivity contribution in [2.45, 2.75) is 19.5 Å². The molecule has 0 aliphatic carbocycles. The second-order valence-electron chi connectivity index (χ2n) is 6.36. The first kappa shape index (κ1) is 15.2. The van der Waals surface area contributed by atoms with Gasteiger partial charge < -0.3 is 4.90 Å². The predicted octanol–water partition coefficient (Wildman–Crippen LogP) is 2.89. The number of hydrogen-bond donors (Lipinski definition) is 2. The van der Waals surface area contributed by atoms with Gasteiger partial charge in [0, 0.05) is 25.6 Å². The summed E-state index contributed by atoms with van der Waals surface area (Å²) in [4.78, 5) is 2.41. The Bertz CT molecular complexity index is 579. The molecule has 2 N–H and O–H groups in total. The van der Waals surface area contributed by atoms with Crippen LogP contribution in [0.1, 0.15) is 22.7 Å². The first-order chi connectivity index (χ1) is 10.7. The highest BCUT2D eigenvalue weighted by atomic mass is 15.4. The molecule has 2 unspecified atom stereocenters. The predicted molar refractivity (Wildman–Crippen MR) is 91.3 cm³/mol. The number of aryl methyl sites for hydroxylation is 1. The van der Waals surface area contributed by atoms with Gasteiger partial charge >= 0.3 is 0 Å². The summed E-state index contributed by atoms with van der Waals surface area (Å²) >= 11 is 0. The normalized spacial score (nSPS) is 21.4. The summed E-state index contributed by atoms with van der Waals surface area (Å²) in [6.45, 7) is 5.22. The lowest BCUT2D eigenvalue weighted by molar-refractivity contribution is 0.262. The molecule has 22 heavy (non-hydrogen) atoms. The van der Waals surface area contributed by atoms with Gasteiger partial charge in [-0.1, -0.05) is 60.2 Å². The van der Waals surface area contributed by atoms with Gasteiger partial charge in [0.15, 0.2) is 0 Å². The van der Waals surface area contributed by atoms with Crippen LogP contribution < -0.4 is 10.9 Å². The molecule has 2 atom stereocenters. The van der Waals surface area contributed by atoms with Gasteiger partial charge in [0.05, 0.1) is 6.04 Å². The zero-order valence-electron chi connectivity index (χ0n) is 13.4. The lowest BCUT2D eigenvalue weighted by Crippen LogP contribution is -2.30. The summed E-state index contributed by atoms with van der Waals surface area (Å²) in [5.41, 5.74) is 10.8. The van der Waals surface area contributed by atoms with Crippen molar-refractivity contribution in [3.63, 3.8) is 0 Å². The Hall–Kier alpha value is -1.68. The van der Waals surface area contributed by atoms with Gasteiger partial charge in [-0.05, 0) is 25.1 Å². The van der Waals surface area contributed by atoms with Gasteiger partial charge in [-0.15, -0.1) is 0 Å². The van der Waals surface area contributed by atoms with Gasteiger partial charge in [-0.25, -0.2) is 5.43 Å². The maximum Gasteiger partial charge on any atom is 0.0515 e. The number of hydrogen-bond acceptors (Lipinski definition) is 3. The van der Waals surface area contributed by atoms with Gasteiger partial charge in [0.25, 0.3) is 0 Å². The van der Waals surface area contributed by atoms with Gasteiger partial charge in [-0.3, -0.25) is 5.43 Å². The van der Waals surface area contributed by atoms with Crippen LogP contribution >= 0.6 is 0 Å². The Balaban J connectivity index is 1.62. The van der Waals surface area contributed by atoms with Crippen molar-refractivity contribution in [3.8, 4) is 0 Å². The van der Waals surface area contributed by atoms with Crippen molar-refractivity contribution in [3.05, 3.63) is 71.3 Å². The fraction of sp³-hybridized carbons (Fsp3) is 0.368. The highest BCUT2D eigenvalue weighted by Crippen LogP contribution is 2.26. The third-order valence-corrected chi connectivity index (χ3v) is 4.37. The molecular weight excluding hydrogens is 270 g/mol. The van der Waals surface area contributed by atoms with Crippen LogP contribution in [0, 0.1) is 12.8 Å². The van der Waals surface area contributed by atoms with E-state index in [0.29, 0.717) is 12.0 Å².